The summed E-state index contributed by atoms with van der Waals surface area (Å²) in [5, 5.41) is 2.69. The second kappa shape index (κ2) is 13.2. The van der Waals surface area contributed by atoms with Crippen LogP contribution in [0.2, 0.25) is 0 Å². The summed E-state index contributed by atoms with van der Waals surface area (Å²) < 4.78 is 1.13. The number of aryl methyl sites for hydroxylation is 3. The van der Waals surface area contributed by atoms with E-state index in [0.29, 0.717) is 0 Å². The normalized spacial score (nSPS) is 13.3. The van der Waals surface area contributed by atoms with E-state index in [1.807, 2.05) is 0 Å². The summed E-state index contributed by atoms with van der Waals surface area (Å²) in [6.45, 7) is 6.85. The first kappa shape index (κ1) is 29.9. The van der Waals surface area contributed by atoms with Crippen LogP contribution in [0.5, 0.6) is 0 Å². The van der Waals surface area contributed by atoms with Crippen molar-refractivity contribution in [3.05, 3.63) is 140 Å². The molecule has 0 amide bonds. The first-order valence-corrected chi connectivity index (χ1v) is 17.4. The average molecular weight is 630 g/mol. The van der Waals surface area contributed by atoms with E-state index in [9.17, 15) is 0 Å². The van der Waals surface area contributed by atoms with Gasteiger partial charge < -0.3 is 0 Å². The molecule has 220 valence electrons. The SMILES string of the molecule is CCCCCCc1ccc(C2(c3ccc(CCCCCC)cc3)c3cc(Br)ccc3-c3c2cc(C)c2ccccc32)cc1. The summed E-state index contributed by atoms with van der Waals surface area (Å²) in [5.74, 6) is 0. The Morgan fingerprint density at radius 3 is 1.67 bits per heavy atom. The maximum atomic E-state index is 3.88. The van der Waals surface area contributed by atoms with Crippen LogP contribution in [0, 0.1) is 6.92 Å². The highest BCUT2D eigenvalue weighted by molar-refractivity contribution is 9.10. The fourth-order valence-electron chi connectivity index (χ4n) is 7.48. The smallest absolute Gasteiger partial charge is 0.0654 e. The van der Waals surface area contributed by atoms with Crippen LogP contribution in [-0.2, 0) is 18.3 Å². The van der Waals surface area contributed by atoms with Crippen LogP contribution in [-0.4, -0.2) is 0 Å². The lowest BCUT2D eigenvalue weighted by molar-refractivity contribution is 0.666. The molecule has 0 saturated heterocycles. The topological polar surface area (TPSA) is 0 Å². The molecule has 0 aliphatic heterocycles. The van der Waals surface area contributed by atoms with Crippen LogP contribution in [0.15, 0.2) is 102 Å². The predicted octanol–water partition coefficient (Wildman–Crippen LogP) is 12.5. The molecule has 0 nitrogen and oxygen atoms in total. The lowest BCUT2D eigenvalue weighted by Gasteiger charge is -2.34. The highest BCUT2D eigenvalue weighted by Gasteiger charge is 2.47. The van der Waals surface area contributed by atoms with Crippen molar-refractivity contribution in [2.45, 2.75) is 90.4 Å². The molecule has 0 bridgehead atoms. The van der Waals surface area contributed by atoms with Gasteiger partial charge in [0, 0.05) is 4.47 Å². The van der Waals surface area contributed by atoms with Crippen molar-refractivity contribution < 1.29 is 0 Å². The van der Waals surface area contributed by atoms with Crippen molar-refractivity contribution in [1.29, 1.82) is 0 Å². The van der Waals surface area contributed by atoms with Gasteiger partial charge in [0.25, 0.3) is 0 Å². The van der Waals surface area contributed by atoms with Gasteiger partial charge in [-0.1, -0.05) is 153 Å². The molecule has 0 aromatic heterocycles. The largest absolute Gasteiger partial charge is 0.0714 e. The minimum absolute atomic E-state index is 0.384. The van der Waals surface area contributed by atoms with Gasteiger partial charge in [-0.25, -0.2) is 0 Å². The van der Waals surface area contributed by atoms with E-state index in [2.05, 4.69) is 134 Å². The summed E-state index contributed by atoms with van der Waals surface area (Å²) >= 11 is 3.88. The molecule has 43 heavy (non-hydrogen) atoms. The standard InChI is InChI=1S/C42H45Br/c1-4-6-8-10-14-31-18-22-33(23-19-31)42(34-24-20-32(21-25-34)15-11-9-7-5-2)39-29-35(43)26-27-38(39)41-37-17-13-12-16-36(37)30(3)28-40(41)42/h12-13,16-29H,4-11,14-15H2,1-3H3. The van der Waals surface area contributed by atoms with Gasteiger partial charge in [0.05, 0.1) is 5.41 Å². The molecule has 0 N–H and O–H groups in total. The number of unbranched alkanes of at least 4 members (excludes halogenated alkanes) is 6. The molecule has 0 unspecified atom stereocenters. The second-order valence-electron chi connectivity index (χ2n) is 12.6. The van der Waals surface area contributed by atoms with Crippen LogP contribution in [0.1, 0.15) is 104 Å². The zero-order valence-electron chi connectivity index (χ0n) is 26.2. The molecule has 0 radical (unpaired) electrons. The zero-order valence-corrected chi connectivity index (χ0v) is 27.8. The third kappa shape index (κ3) is 5.62. The van der Waals surface area contributed by atoms with E-state index in [1.165, 1.54) is 112 Å². The predicted molar refractivity (Wildman–Crippen MR) is 189 cm³/mol. The lowest BCUT2D eigenvalue weighted by Crippen LogP contribution is -2.29. The Labute approximate surface area is 267 Å². The maximum Gasteiger partial charge on any atom is 0.0714 e. The Kier molecular flexibility index (Phi) is 9.20. The molecule has 1 heteroatoms. The van der Waals surface area contributed by atoms with Crippen LogP contribution in [0.4, 0.5) is 0 Å². The number of hydrogen-bond donors (Lipinski definition) is 0. The molecule has 1 aliphatic carbocycles. The van der Waals surface area contributed by atoms with Crippen LogP contribution >= 0.6 is 15.9 Å². The molecule has 6 rings (SSSR count). The minimum atomic E-state index is -0.384. The molecule has 5 aromatic carbocycles. The van der Waals surface area contributed by atoms with Gasteiger partial charge in [0.1, 0.15) is 0 Å². The zero-order chi connectivity index (χ0) is 29.8. The van der Waals surface area contributed by atoms with Gasteiger partial charge in [-0.05, 0) is 106 Å². The molecule has 5 aromatic rings. The van der Waals surface area contributed by atoms with Crippen LogP contribution in [0.25, 0.3) is 21.9 Å². The Morgan fingerprint density at radius 2 is 1.12 bits per heavy atom. The van der Waals surface area contributed by atoms with Gasteiger partial charge in [-0.2, -0.15) is 0 Å². The van der Waals surface area contributed by atoms with Crippen LogP contribution < -0.4 is 0 Å². The molecule has 0 heterocycles. The molecule has 0 fully saturated rings. The van der Waals surface area contributed by atoms with Crippen molar-refractivity contribution in [3.8, 4) is 11.1 Å². The fraction of sp³-hybridized carbons (Fsp3) is 0.333. The van der Waals surface area contributed by atoms with Crippen LogP contribution in [0.3, 0.4) is 0 Å². The molecular formula is C42H45Br. The van der Waals surface area contributed by atoms with E-state index < -0.39 is 0 Å². The van der Waals surface area contributed by atoms with Crippen molar-refractivity contribution in [3.63, 3.8) is 0 Å². The molecule has 0 spiro atoms. The summed E-state index contributed by atoms with van der Waals surface area (Å²) in [6, 6.07) is 37.7. The maximum absolute atomic E-state index is 3.88. The van der Waals surface area contributed by atoms with Crippen molar-refractivity contribution in [2.24, 2.45) is 0 Å². The third-order valence-corrected chi connectivity index (χ3v) is 10.2. The quantitative estimate of drug-likeness (QED) is 0.118. The Bertz CT molecular complexity index is 1640. The van der Waals surface area contributed by atoms with Gasteiger partial charge in [-0.15, -0.1) is 0 Å². The Morgan fingerprint density at radius 1 is 0.558 bits per heavy atom. The monoisotopic (exact) mass is 628 g/mol. The van der Waals surface area contributed by atoms with Crippen molar-refractivity contribution in [2.75, 3.05) is 0 Å². The van der Waals surface area contributed by atoms with E-state index >= 15 is 0 Å². The average Bonchev–Trinajstić information content (AvgIpc) is 3.32. The minimum Gasteiger partial charge on any atom is -0.0654 e. The first-order chi connectivity index (χ1) is 21.1. The van der Waals surface area contributed by atoms with E-state index in [0.717, 1.165) is 17.3 Å². The summed E-state index contributed by atoms with van der Waals surface area (Å²) in [7, 11) is 0. The van der Waals surface area contributed by atoms with Gasteiger partial charge in [0.2, 0.25) is 0 Å². The second-order valence-corrected chi connectivity index (χ2v) is 13.5. The number of benzene rings is 5. The molecule has 1 aliphatic rings. The van der Waals surface area contributed by atoms with Crippen molar-refractivity contribution in [1.82, 2.24) is 0 Å². The number of halogens is 1. The van der Waals surface area contributed by atoms with Gasteiger partial charge in [-0.3, -0.25) is 0 Å². The molecular weight excluding hydrogens is 584 g/mol. The highest BCUT2D eigenvalue weighted by Crippen LogP contribution is 2.58. The number of fused-ring (bicyclic) bond motifs is 5. The van der Waals surface area contributed by atoms with Gasteiger partial charge >= 0.3 is 0 Å². The summed E-state index contributed by atoms with van der Waals surface area (Å²) in [4.78, 5) is 0. The van der Waals surface area contributed by atoms with E-state index in [-0.39, 0.29) is 5.41 Å². The molecule has 0 atom stereocenters. The summed E-state index contributed by atoms with van der Waals surface area (Å²) in [5.41, 5.74) is 12.1. The number of rotatable bonds is 12. The molecule has 0 saturated carbocycles. The number of hydrogen-bond acceptors (Lipinski definition) is 0. The van der Waals surface area contributed by atoms with E-state index in [1.54, 1.807) is 0 Å². The highest BCUT2D eigenvalue weighted by atomic mass is 79.9. The Balaban J connectivity index is 1.55. The summed E-state index contributed by atoms with van der Waals surface area (Å²) in [6.07, 6.45) is 12.7. The fourth-order valence-corrected chi connectivity index (χ4v) is 7.84. The Hall–Kier alpha value is -3.16. The van der Waals surface area contributed by atoms with Gasteiger partial charge in [0.15, 0.2) is 0 Å². The third-order valence-electron chi connectivity index (χ3n) is 9.72. The first-order valence-electron chi connectivity index (χ1n) is 16.6. The van der Waals surface area contributed by atoms with Crippen molar-refractivity contribution >= 4 is 26.7 Å². The van der Waals surface area contributed by atoms with E-state index in [4.69, 9.17) is 0 Å². The lowest BCUT2D eigenvalue weighted by atomic mass is 9.67.